The summed E-state index contributed by atoms with van der Waals surface area (Å²) in [6.07, 6.45) is 1.79. The fourth-order valence-corrected chi connectivity index (χ4v) is 3.19. The highest BCUT2D eigenvalue weighted by Crippen LogP contribution is 2.21. The van der Waals surface area contributed by atoms with Crippen LogP contribution in [0.2, 0.25) is 0 Å². The van der Waals surface area contributed by atoms with Crippen LogP contribution >= 0.6 is 11.8 Å². The van der Waals surface area contributed by atoms with E-state index in [4.69, 9.17) is 0 Å². The largest absolute Gasteiger partial charge is 0.332 e. The van der Waals surface area contributed by atoms with Crippen LogP contribution in [0, 0.1) is 0 Å². The standard InChI is InChI=1S/C16H16N2OS/c19-16(12-20-11-13-5-2-1-3-6-13)18-9-14-7-4-8-17-15(14)10-18/h1-8H,9-12H2. The molecule has 102 valence electrons. The minimum atomic E-state index is 0.198. The van der Waals surface area contributed by atoms with Gasteiger partial charge in [-0.05, 0) is 17.2 Å². The number of carbonyl (C=O) groups excluding carboxylic acids is 1. The summed E-state index contributed by atoms with van der Waals surface area (Å²) in [7, 11) is 0. The summed E-state index contributed by atoms with van der Waals surface area (Å²) < 4.78 is 0. The Balaban J connectivity index is 1.49. The van der Waals surface area contributed by atoms with Crippen molar-refractivity contribution < 1.29 is 4.79 Å². The molecule has 0 spiro atoms. The average Bonchev–Trinajstić information content (AvgIpc) is 2.92. The van der Waals surface area contributed by atoms with Gasteiger partial charge in [-0.25, -0.2) is 0 Å². The number of pyridine rings is 1. The maximum Gasteiger partial charge on any atom is 0.233 e. The third-order valence-electron chi connectivity index (χ3n) is 3.38. The normalized spacial score (nSPS) is 13.3. The minimum Gasteiger partial charge on any atom is -0.332 e. The molecule has 0 bridgehead atoms. The summed E-state index contributed by atoms with van der Waals surface area (Å²) in [4.78, 5) is 18.4. The summed E-state index contributed by atoms with van der Waals surface area (Å²) in [6, 6.07) is 14.2. The molecule has 0 fully saturated rings. The zero-order valence-corrected chi connectivity index (χ0v) is 12.0. The second kappa shape index (κ2) is 6.09. The van der Waals surface area contributed by atoms with E-state index in [1.54, 1.807) is 18.0 Å². The van der Waals surface area contributed by atoms with Crippen molar-refractivity contribution in [2.24, 2.45) is 0 Å². The molecule has 0 unspecified atom stereocenters. The SMILES string of the molecule is O=C(CSCc1ccccc1)N1Cc2cccnc2C1. The van der Waals surface area contributed by atoms with Gasteiger partial charge >= 0.3 is 0 Å². The van der Waals surface area contributed by atoms with Crippen LogP contribution in [0.3, 0.4) is 0 Å². The number of hydrogen-bond acceptors (Lipinski definition) is 3. The number of aromatic nitrogens is 1. The molecule has 0 N–H and O–H groups in total. The molecule has 2 aromatic rings. The zero-order chi connectivity index (χ0) is 13.8. The molecule has 0 radical (unpaired) electrons. The third-order valence-corrected chi connectivity index (χ3v) is 4.36. The van der Waals surface area contributed by atoms with Crippen LogP contribution in [0.25, 0.3) is 0 Å². The topological polar surface area (TPSA) is 33.2 Å². The van der Waals surface area contributed by atoms with Gasteiger partial charge in [0.05, 0.1) is 18.0 Å². The van der Waals surface area contributed by atoms with Crippen molar-refractivity contribution in [1.82, 2.24) is 9.88 Å². The zero-order valence-electron chi connectivity index (χ0n) is 11.2. The Bertz CT molecular complexity index is 575. The van der Waals surface area contributed by atoms with Gasteiger partial charge in [0.25, 0.3) is 0 Å². The van der Waals surface area contributed by atoms with Crippen LogP contribution in [0.4, 0.5) is 0 Å². The fourth-order valence-electron chi connectivity index (χ4n) is 2.30. The number of benzene rings is 1. The predicted molar refractivity (Wildman–Crippen MR) is 81.1 cm³/mol. The van der Waals surface area contributed by atoms with E-state index in [1.807, 2.05) is 35.2 Å². The Labute approximate surface area is 123 Å². The van der Waals surface area contributed by atoms with Gasteiger partial charge < -0.3 is 4.90 Å². The molecular weight excluding hydrogens is 268 g/mol. The molecule has 1 aromatic heterocycles. The van der Waals surface area contributed by atoms with E-state index in [9.17, 15) is 4.79 Å². The molecule has 0 atom stereocenters. The molecule has 0 saturated heterocycles. The van der Waals surface area contributed by atoms with E-state index < -0.39 is 0 Å². The summed E-state index contributed by atoms with van der Waals surface area (Å²) in [6.45, 7) is 1.36. The molecule has 1 amide bonds. The van der Waals surface area contributed by atoms with E-state index in [2.05, 4.69) is 17.1 Å². The van der Waals surface area contributed by atoms with E-state index in [1.165, 1.54) is 11.1 Å². The van der Waals surface area contributed by atoms with Crippen LogP contribution in [0.5, 0.6) is 0 Å². The van der Waals surface area contributed by atoms with Gasteiger partial charge in [-0.15, -0.1) is 11.8 Å². The smallest absolute Gasteiger partial charge is 0.233 e. The molecule has 20 heavy (non-hydrogen) atoms. The van der Waals surface area contributed by atoms with E-state index >= 15 is 0 Å². The van der Waals surface area contributed by atoms with Crippen LogP contribution in [0.15, 0.2) is 48.7 Å². The van der Waals surface area contributed by atoms with Crippen molar-refractivity contribution >= 4 is 17.7 Å². The molecule has 2 heterocycles. The first-order chi connectivity index (χ1) is 9.83. The van der Waals surface area contributed by atoms with Crippen LogP contribution in [0.1, 0.15) is 16.8 Å². The van der Waals surface area contributed by atoms with Crippen LogP contribution in [-0.2, 0) is 23.6 Å². The average molecular weight is 284 g/mol. The van der Waals surface area contributed by atoms with Gasteiger partial charge in [0, 0.05) is 18.5 Å². The lowest BCUT2D eigenvalue weighted by Crippen LogP contribution is -2.27. The molecule has 0 aliphatic carbocycles. The number of fused-ring (bicyclic) bond motifs is 1. The Hall–Kier alpha value is -1.81. The monoisotopic (exact) mass is 284 g/mol. The second-order valence-corrected chi connectivity index (χ2v) is 5.82. The third kappa shape index (κ3) is 3.02. The molecular formula is C16H16N2OS. The molecule has 1 aliphatic heterocycles. The maximum absolute atomic E-state index is 12.2. The van der Waals surface area contributed by atoms with Crippen molar-refractivity contribution in [3.63, 3.8) is 0 Å². The van der Waals surface area contributed by atoms with E-state index in [0.29, 0.717) is 18.8 Å². The Morgan fingerprint density at radius 2 is 2.00 bits per heavy atom. The second-order valence-electron chi connectivity index (χ2n) is 4.84. The Morgan fingerprint density at radius 3 is 2.80 bits per heavy atom. The first-order valence-corrected chi connectivity index (χ1v) is 7.80. The highest BCUT2D eigenvalue weighted by molar-refractivity contribution is 7.99. The van der Waals surface area contributed by atoms with Gasteiger partial charge in [-0.3, -0.25) is 9.78 Å². The molecule has 1 aliphatic rings. The van der Waals surface area contributed by atoms with Crippen molar-refractivity contribution in [2.75, 3.05) is 5.75 Å². The summed E-state index contributed by atoms with van der Waals surface area (Å²) in [5, 5.41) is 0. The lowest BCUT2D eigenvalue weighted by atomic mass is 10.2. The van der Waals surface area contributed by atoms with Gasteiger partial charge in [-0.2, -0.15) is 0 Å². The first-order valence-electron chi connectivity index (χ1n) is 6.65. The van der Waals surface area contributed by atoms with Crippen molar-refractivity contribution in [3.05, 3.63) is 65.5 Å². The van der Waals surface area contributed by atoms with Crippen LogP contribution < -0.4 is 0 Å². The number of thioether (sulfide) groups is 1. The van der Waals surface area contributed by atoms with Crippen molar-refractivity contribution in [3.8, 4) is 0 Å². The van der Waals surface area contributed by atoms with Gasteiger partial charge in [0.2, 0.25) is 5.91 Å². The van der Waals surface area contributed by atoms with E-state index in [-0.39, 0.29) is 5.91 Å². The summed E-state index contributed by atoms with van der Waals surface area (Å²) in [5.74, 6) is 1.61. The van der Waals surface area contributed by atoms with E-state index in [0.717, 1.165) is 11.4 Å². The molecule has 1 aromatic carbocycles. The Morgan fingerprint density at radius 1 is 1.15 bits per heavy atom. The number of carbonyl (C=O) groups is 1. The Kier molecular flexibility index (Phi) is 4.02. The predicted octanol–water partition coefficient (Wildman–Crippen LogP) is 2.86. The van der Waals surface area contributed by atoms with Gasteiger partial charge in [-0.1, -0.05) is 36.4 Å². The molecule has 0 saturated carbocycles. The highest BCUT2D eigenvalue weighted by Gasteiger charge is 2.23. The van der Waals surface area contributed by atoms with Crippen molar-refractivity contribution in [1.29, 1.82) is 0 Å². The molecule has 3 rings (SSSR count). The number of nitrogens with zero attached hydrogens (tertiary/aromatic N) is 2. The quantitative estimate of drug-likeness (QED) is 0.865. The number of amides is 1. The van der Waals surface area contributed by atoms with Gasteiger partial charge in [0.1, 0.15) is 0 Å². The molecule has 4 heteroatoms. The lowest BCUT2D eigenvalue weighted by Gasteiger charge is -2.14. The minimum absolute atomic E-state index is 0.198. The lowest BCUT2D eigenvalue weighted by molar-refractivity contribution is -0.128. The van der Waals surface area contributed by atoms with Crippen LogP contribution in [-0.4, -0.2) is 21.5 Å². The maximum atomic E-state index is 12.2. The highest BCUT2D eigenvalue weighted by atomic mass is 32.2. The summed E-state index contributed by atoms with van der Waals surface area (Å²) >= 11 is 1.67. The molecule has 3 nitrogen and oxygen atoms in total. The fraction of sp³-hybridized carbons (Fsp3) is 0.250. The van der Waals surface area contributed by atoms with Gasteiger partial charge in [0.15, 0.2) is 0 Å². The summed E-state index contributed by atoms with van der Waals surface area (Å²) in [5.41, 5.74) is 3.47. The van der Waals surface area contributed by atoms with Crippen molar-refractivity contribution in [2.45, 2.75) is 18.8 Å². The number of rotatable bonds is 4. The number of hydrogen-bond donors (Lipinski definition) is 0. The first kappa shape index (κ1) is 13.2.